The van der Waals surface area contributed by atoms with Gasteiger partial charge in [-0.3, -0.25) is 9.64 Å². The van der Waals surface area contributed by atoms with Gasteiger partial charge in [-0.2, -0.15) is 0 Å². The van der Waals surface area contributed by atoms with E-state index in [1.165, 1.54) is 0 Å². The van der Waals surface area contributed by atoms with Gasteiger partial charge >= 0.3 is 11.9 Å². The van der Waals surface area contributed by atoms with E-state index in [4.69, 9.17) is 6.57 Å². The number of unbranched alkanes of at least 4 members (excludes halogenated alkanes) is 2. The highest BCUT2D eigenvalue weighted by Crippen LogP contribution is 2.20. The Balaban J connectivity index is 2.82. The Morgan fingerprint density at radius 2 is 1.70 bits per heavy atom. The van der Waals surface area contributed by atoms with Gasteiger partial charge in [-0.1, -0.05) is 57.0 Å². The van der Waals surface area contributed by atoms with Gasteiger partial charge < -0.3 is 4.90 Å². The summed E-state index contributed by atoms with van der Waals surface area (Å²) in [5.74, 6) is -0.0481. The molecule has 20 heavy (non-hydrogen) atoms. The van der Waals surface area contributed by atoms with Gasteiger partial charge in [0.2, 0.25) is 0 Å². The molecular formula is C17H24N2O. The molecule has 0 saturated heterocycles. The zero-order chi connectivity index (χ0) is 14.8. The van der Waals surface area contributed by atoms with Crippen LogP contribution in [0, 0.1) is 6.57 Å². The van der Waals surface area contributed by atoms with Crippen molar-refractivity contribution in [2.24, 2.45) is 0 Å². The van der Waals surface area contributed by atoms with Crippen molar-refractivity contribution in [2.75, 3.05) is 13.1 Å². The lowest BCUT2D eigenvalue weighted by atomic mass is 10.1. The maximum Gasteiger partial charge on any atom is 0.325 e. The number of carbonyl (C=O) groups excluding carboxylic acids is 1. The molecule has 1 aromatic rings. The van der Waals surface area contributed by atoms with E-state index in [1.807, 2.05) is 35.2 Å². The van der Waals surface area contributed by atoms with Crippen LogP contribution in [0.15, 0.2) is 30.3 Å². The zero-order valence-electron chi connectivity index (χ0n) is 12.5. The molecule has 0 aliphatic carbocycles. The monoisotopic (exact) mass is 272 g/mol. The van der Waals surface area contributed by atoms with Crippen molar-refractivity contribution in [3.05, 3.63) is 47.3 Å². The summed E-state index contributed by atoms with van der Waals surface area (Å²) in [7, 11) is 0. The maximum atomic E-state index is 12.6. The summed E-state index contributed by atoms with van der Waals surface area (Å²) in [6.45, 7) is 13.1. The van der Waals surface area contributed by atoms with Gasteiger partial charge in [0, 0.05) is 18.7 Å². The third-order valence-electron chi connectivity index (χ3n) is 3.35. The first kappa shape index (κ1) is 16.2. The van der Waals surface area contributed by atoms with E-state index < -0.39 is 6.04 Å². The maximum absolute atomic E-state index is 12.6. The first-order valence-corrected chi connectivity index (χ1v) is 7.44. The molecule has 1 aromatic carbocycles. The van der Waals surface area contributed by atoms with Crippen LogP contribution in [-0.2, 0) is 4.79 Å². The van der Waals surface area contributed by atoms with Crippen molar-refractivity contribution >= 4 is 5.91 Å². The van der Waals surface area contributed by atoms with Crippen LogP contribution in [0.2, 0.25) is 0 Å². The molecule has 108 valence electrons. The van der Waals surface area contributed by atoms with Crippen molar-refractivity contribution in [3.63, 3.8) is 0 Å². The Kier molecular flexibility index (Phi) is 7.42. The fourth-order valence-electron chi connectivity index (χ4n) is 2.11. The van der Waals surface area contributed by atoms with Crippen LogP contribution >= 0.6 is 0 Å². The standard InChI is InChI=1S/C17H24N2O/c1-4-6-13-19(14-7-5-2)17(20)16(18-3)15-11-9-8-10-12-15/h8-12,16H,4-7,13-14H2,1-2H3. The second-order valence-electron chi connectivity index (χ2n) is 4.97. The molecule has 0 heterocycles. The van der Waals surface area contributed by atoms with Gasteiger partial charge in [-0.05, 0) is 12.8 Å². The molecule has 1 amide bonds. The number of benzene rings is 1. The SMILES string of the molecule is [C-]#[N+]C(C(=O)N(CCCC)CCCC)c1ccccc1. The Labute approximate surface area is 122 Å². The lowest BCUT2D eigenvalue weighted by Gasteiger charge is -2.22. The molecule has 3 nitrogen and oxygen atoms in total. The molecule has 0 aromatic heterocycles. The van der Waals surface area contributed by atoms with Crippen molar-refractivity contribution in [1.82, 2.24) is 4.90 Å². The predicted molar refractivity (Wildman–Crippen MR) is 82.2 cm³/mol. The molecule has 1 unspecified atom stereocenters. The predicted octanol–water partition coefficient (Wildman–Crippen LogP) is 4.08. The molecule has 0 aliphatic heterocycles. The summed E-state index contributed by atoms with van der Waals surface area (Å²) < 4.78 is 0. The molecule has 0 radical (unpaired) electrons. The van der Waals surface area contributed by atoms with Crippen LogP contribution in [0.25, 0.3) is 4.85 Å². The summed E-state index contributed by atoms with van der Waals surface area (Å²) in [6.07, 6.45) is 4.11. The number of nitrogens with zero attached hydrogens (tertiary/aromatic N) is 2. The van der Waals surface area contributed by atoms with Crippen LogP contribution in [0.5, 0.6) is 0 Å². The average molecular weight is 272 g/mol. The summed E-state index contributed by atoms with van der Waals surface area (Å²) in [5, 5.41) is 0. The minimum absolute atomic E-state index is 0.0481. The van der Waals surface area contributed by atoms with E-state index in [9.17, 15) is 4.79 Å². The Morgan fingerprint density at radius 3 is 2.15 bits per heavy atom. The summed E-state index contributed by atoms with van der Waals surface area (Å²) in [4.78, 5) is 18.0. The molecule has 0 fully saturated rings. The highest BCUT2D eigenvalue weighted by atomic mass is 16.2. The number of amides is 1. The Bertz CT molecular complexity index is 428. The summed E-state index contributed by atoms with van der Waals surface area (Å²) in [5.41, 5.74) is 0.797. The lowest BCUT2D eigenvalue weighted by Crippen LogP contribution is -2.35. The lowest BCUT2D eigenvalue weighted by molar-refractivity contribution is -0.132. The second-order valence-corrected chi connectivity index (χ2v) is 4.97. The minimum Gasteiger partial charge on any atom is -0.336 e. The first-order chi connectivity index (χ1) is 9.74. The molecule has 0 aliphatic rings. The number of hydrogen-bond acceptors (Lipinski definition) is 1. The van der Waals surface area contributed by atoms with E-state index in [-0.39, 0.29) is 5.91 Å². The smallest absolute Gasteiger partial charge is 0.325 e. The van der Waals surface area contributed by atoms with Crippen LogP contribution in [-0.4, -0.2) is 23.9 Å². The number of rotatable bonds is 8. The second kappa shape index (κ2) is 9.14. The quantitative estimate of drug-likeness (QED) is 0.654. The summed E-state index contributed by atoms with van der Waals surface area (Å²) in [6, 6.07) is 8.69. The topological polar surface area (TPSA) is 24.7 Å². The summed E-state index contributed by atoms with van der Waals surface area (Å²) >= 11 is 0. The van der Waals surface area contributed by atoms with E-state index in [1.54, 1.807) is 0 Å². The Hall–Kier alpha value is -1.82. The van der Waals surface area contributed by atoms with Crippen LogP contribution in [0.3, 0.4) is 0 Å². The van der Waals surface area contributed by atoms with Gasteiger partial charge in [0.05, 0.1) is 0 Å². The highest BCUT2D eigenvalue weighted by molar-refractivity contribution is 5.85. The molecule has 0 bridgehead atoms. The third-order valence-corrected chi connectivity index (χ3v) is 3.35. The Morgan fingerprint density at radius 1 is 1.15 bits per heavy atom. The van der Waals surface area contributed by atoms with Crippen LogP contribution in [0.1, 0.15) is 51.1 Å². The average Bonchev–Trinajstić information content (AvgIpc) is 2.49. The largest absolute Gasteiger partial charge is 0.336 e. The van der Waals surface area contributed by atoms with E-state index in [2.05, 4.69) is 18.7 Å². The number of carbonyl (C=O) groups is 1. The number of hydrogen-bond donors (Lipinski definition) is 0. The van der Waals surface area contributed by atoms with E-state index in [0.29, 0.717) is 0 Å². The molecule has 1 atom stereocenters. The molecule has 0 spiro atoms. The minimum atomic E-state index is -0.690. The molecule has 3 heteroatoms. The zero-order valence-corrected chi connectivity index (χ0v) is 12.5. The van der Waals surface area contributed by atoms with Gasteiger partial charge in [0.25, 0.3) is 0 Å². The van der Waals surface area contributed by atoms with Crippen LogP contribution in [0.4, 0.5) is 0 Å². The molecule has 0 N–H and O–H groups in total. The van der Waals surface area contributed by atoms with Gasteiger partial charge in [-0.25, -0.2) is 6.57 Å². The van der Waals surface area contributed by atoms with Crippen molar-refractivity contribution in [2.45, 2.75) is 45.6 Å². The van der Waals surface area contributed by atoms with Crippen molar-refractivity contribution in [1.29, 1.82) is 0 Å². The van der Waals surface area contributed by atoms with Crippen LogP contribution < -0.4 is 0 Å². The van der Waals surface area contributed by atoms with Gasteiger partial charge in [0.15, 0.2) is 0 Å². The van der Waals surface area contributed by atoms with Gasteiger partial charge in [-0.15, -0.1) is 0 Å². The van der Waals surface area contributed by atoms with E-state index in [0.717, 1.165) is 44.3 Å². The fraction of sp³-hybridized carbons (Fsp3) is 0.529. The molecular weight excluding hydrogens is 248 g/mol. The van der Waals surface area contributed by atoms with Crippen molar-refractivity contribution < 1.29 is 4.79 Å². The molecule has 0 saturated carbocycles. The van der Waals surface area contributed by atoms with E-state index >= 15 is 0 Å². The first-order valence-electron chi connectivity index (χ1n) is 7.44. The normalized spacial score (nSPS) is 11.7. The van der Waals surface area contributed by atoms with Gasteiger partial charge in [0.1, 0.15) is 0 Å². The highest BCUT2D eigenvalue weighted by Gasteiger charge is 2.30. The molecule has 1 rings (SSSR count). The van der Waals surface area contributed by atoms with Crippen molar-refractivity contribution in [3.8, 4) is 0 Å². The third kappa shape index (κ3) is 4.70. The fourth-order valence-corrected chi connectivity index (χ4v) is 2.11.